The number of carboxylic acids is 1. The van der Waals surface area contributed by atoms with Gasteiger partial charge >= 0.3 is 5.97 Å². The molecule has 0 fully saturated rings. The Labute approximate surface area is 239 Å². The minimum Gasteiger partial charge on any atom is -0.497 e. The van der Waals surface area contributed by atoms with Crippen LogP contribution < -0.4 is 14.4 Å². The normalized spacial score (nSPS) is 15.1. The third-order valence-corrected chi connectivity index (χ3v) is 7.76. The van der Waals surface area contributed by atoms with E-state index in [4.69, 9.17) is 14.2 Å². The van der Waals surface area contributed by atoms with Gasteiger partial charge in [-0.2, -0.15) is 0 Å². The largest absolute Gasteiger partial charge is 0.497 e. The number of aryl methyl sites for hydroxylation is 1. The fraction of sp³-hybridized carbons (Fsp3) is 0.394. The molecule has 5 rings (SSSR count). The molecular weight excluding hydrogens is 525 g/mol. The van der Waals surface area contributed by atoms with Crippen molar-refractivity contribution in [3.63, 3.8) is 0 Å². The van der Waals surface area contributed by atoms with Crippen molar-refractivity contribution >= 4 is 17.6 Å². The molecule has 2 heterocycles. The number of rotatable bonds is 6. The van der Waals surface area contributed by atoms with Gasteiger partial charge in [-0.15, -0.1) is 0 Å². The Morgan fingerprint density at radius 3 is 2.54 bits per heavy atom. The van der Waals surface area contributed by atoms with Crippen LogP contribution in [0.5, 0.6) is 11.5 Å². The summed E-state index contributed by atoms with van der Waals surface area (Å²) in [7, 11) is 1.55. The van der Waals surface area contributed by atoms with Gasteiger partial charge in [-0.3, -0.25) is 4.79 Å². The maximum absolute atomic E-state index is 15.6. The number of nitrogens with zero attached hydrogens (tertiary/aromatic N) is 1. The number of aliphatic carboxylic acids is 1. The average molecular weight is 562 g/mol. The molecule has 0 saturated carbocycles. The van der Waals surface area contributed by atoms with Crippen molar-refractivity contribution in [1.82, 2.24) is 0 Å². The molecule has 0 aromatic heterocycles. The fourth-order valence-corrected chi connectivity index (χ4v) is 5.97. The lowest BCUT2D eigenvalue weighted by molar-refractivity contribution is -0.160. The standard InChI is InChI=1S/C33H36FNO6/c1-18-15-26-23(12-13-35(26)31(36)20-9-7-10-21(16-20)39-6)28(27(18)30(32(37)38)41-33(3,4)5)24-17-25(34)29-22(19(24)2)11-8-14-40-29/h7,9-10,15-17,30H,8,11-14H2,1-6H3,(H,37,38)/t30-/m0/s1. The van der Waals surface area contributed by atoms with E-state index in [2.05, 4.69) is 0 Å². The Morgan fingerprint density at radius 2 is 1.85 bits per heavy atom. The quantitative estimate of drug-likeness (QED) is 0.366. The van der Waals surface area contributed by atoms with Crippen LogP contribution in [0.3, 0.4) is 0 Å². The summed E-state index contributed by atoms with van der Waals surface area (Å²) in [6, 6.07) is 10.3. The molecule has 0 bridgehead atoms. The van der Waals surface area contributed by atoms with Crippen molar-refractivity contribution < 1.29 is 33.3 Å². The van der Waals surface area contributed by atoms with Gasteiger partial charge in [0.2, 0.25) is 0 Å². The SMILES string of the molecule is COc1cccc(C(=O)N2CCc3c2cc(C)c([C@H](OC(C)(C)C)C(=O)O)c3-c2cc(F)c3c(c2C)CCCO3)c1. The third kappa shape index (κ3) is 5.28. The molecule has 3 aromatic rings. The topological polar surface area (TPSA) is 85.3 Å². The number of amides is 1. The third-order valence-electron chi connectivity index (χ3n) is 7.76. The van der Waals surface area contributed by atoms with E-state index >= 15 is 4.39 Å². The molecule has 216 valence electrons. The van der Waals surface area contributed by atoms with Crippen LogP contribution in [-0.2, 0) is 22.4 Å². The average Bonchev–Trinajstić information content (AvgIpc) is 3.35. The zero-order valence-corrected chi connectivity index (χ0v) is 24.4. The molecule has 0 radical (unpaired) electrons. The van der Waals surface area contributed by atoms with Crippen LogP contribution in [0.4, 0.5) is 10.1 Å². The van der Waals surface area contributed by atoms with E-state index in [1.807, 2.05) is 19.9 Å². The summed E-state index contributed by atoms with van der Waals surface area (Å²) < 4.78 is 32.7. The van der Waals surface area contributed by atoms with Crippen molar-refractivity contribution in [2.24, 2.45) is 0 Å². The number of benzene rings is 3. The number of halogens is 1. The van der Waals surface area contributed by atoms with Gasteiger partial charge in [-0.25, -0.2) is 9.18 Å². The number of carbonyl (C=O) groups is 2. The number of ether oxygens (including phenoxy) is 3. The van der Waals surface area contributed by atoms with Crippen molar-refractivity contribution in [3.8, 4) is 22.6 Å². The Hall–Kier alpha value is -3.91. The lowest BCUT2D eigenvalue weighted by atomic mass is 9.83. The Bertz CT molecular complexity index is 1540. The first-order chi connectivity index (χ1) is 19.4. The monoisotopic (exact) mass is 561 g/mol. The maximum atomic E-state index is 15.6. The van der Waals surface area contributed by atoms with Gasteiger partial charge in [-0.05, 0) is 112 Å². The molecule has 3 aromatic carbocycles. The first-order valence-corrected chi connectivity index (χ1v) is 13.9. The molecule has 1 atom stereocenters. The lowest BCUT2D eigenvalue weighted by Gasteiger charge is -2.30. The summed E-state index contributed by atoms with van der Waals surface area (Å²) in [5, 5.41) is 10.4. The summed E-state index contributed by atoms with van der Waals surface area (Å²) in [6.07, 6.45) is 0.609. The molecule has 2 aliphatic heterocycles. The molecule has 1 amide bonds. The van der Waals surface area contributed by atoms with E-state index in [1.54, 1.807) is 57.0 Å². The number of methoxy groups -OCH3 is 1. The molecule has 2 aliphatic rings. The van der Waals surface area contributed by atoms with Crippen LogP contribution in [0, 0.1) is 19.7 Å². The van der Waals surface area contributed by atoms with Crippen LogP contribution >= 0.6 is 0 Å². The predicted molar refractivity (Wildman–Crippen MR) is 155 cm³/mol. The van der Waals surface area contributed by atoms with E-state index in [9.17, 15) is 14.7 Å². The van der Waals surface area contributed by atoms with Crippen molar-refractivity contribution in [3.05, 3.63) is 75.6 Å². The summed E-state index contributed by atoms with van der Waals surface area (Å²) in [5.74, 6) is -0.964. The van der Waals surface area contributed by atoms with E-state index in [1.165, 1.54) is 6.07 Å². The minimum absolute atomic E-state index is 0.191. The summed E-state index contributed by atoms with van der Waals surface area (Å²) in [4.78, 5) is 28.2. The summed E-state index contributed by atoms with van der Waals surface area (Å²) in [6.45, 7) is 10.0. The van der Waals surface area contributed by atoms with Crippen LogP contribution in [0.15, 0.2) is 36.4 Å². The van der Waals surface area contributed by atoms with Crippen LogP contribution in [0.1, 0.15) is 71.5 Å². The molecule has 0 spiro atoms. The first kappa shape index (κ1) is 28.6. The highest BCUT2D eigenvalue weighted by Crippen LogP contribution is 2.48. The lowest BCUT2D eigenvalue weighted by Crippen LogP contribution is -2.29. The van der Waals surface area contributed by atoms with Gasteiger partial charge in [0.15, 0.2) is 17.7 Å². The smallest absolute Gasteiger partial charge is 0.337 e. The number of anilines is 1. The molecule has 7 nitrogen and oxygen atoms in total. The zero-order chi connectivity index (χ0) is 29.6. The molecule has 8 heteroatoms. The predicted octanol–water partition coefficient (Wildman–Crippen LogP) is 6.59. The van der Waals surface area contributed by atoms with Crippen LogP contribution in [0.25, 0.3) is 11.1 Å². The molecule has 0 unspecified atom stereocenters. The Balaban J connectivity index is 1.76. The van der Waals surface area contributed by atoms with Crippen molar-refractivity contribution in [1.29, 1.82) is 0 Å². The van der Waals surface area contributed by atoms with E-state index in [0.29, 0.717) is 65.2 Å². The van der Waals surface area contributed by atoms with E-state index in [-0.39, 0.29) is 11.7 Å². The van der Waals surface area contributed by atoms with Crippen molar-refractivity contribution in [2.45, 2.75) is 65.6 Å². The molecular formula is C33H36FNO6. The minimum atomic E-state index is -1.30. The second-order valence-corrected chi connectivity index (χ2v) is 11.7. The van der Waals surface area contributed by atoms with Gasteiger partial charge < -0.3 is 24.2 Å². The second kappa shape index (κ2) is 10.8. The molecule has 1 N–H and O–H groups in total. The highest BCUT2D eigenvalue weighted by atomic mass is 19.1. The Morgan fingerprint density at radius 1 is 1.10 bits per heavy atom. The molecule has 0 aliphatic carbocycles. The zero-order valence-electron chi connectivity index (χ0n) is 24.4. The molecule has 0 saturated heterocycles. The number of hydrogen-bond donors (Lipinski definition) is 1. The van der Waals surface area contributed by atoms with Gasteiger partial charge in [0.25, 0.3) is 5.91 Å². The van der Waals surface area contributed by atoms with Crippen molar-refractivity contribution in [2.75, 3.05) is 25.2 Å². The number of hydrogen-bond acceptors (Lipinski definition) is 5. The van der Waals surface area contributed by atoms with E-state index in [0.717, 1.165) is 23.1 Å². The second-order valence-electron chi connectivity index (χ2n) is 11.7. The summed E-state index contributed by atoms with van der Waals surface area (Å²) >= 11 is 0. The number of fused-ring (bicyclic) bond motifs is 2. The van der Waals surface area contributed by atoms with Gasteiger partial charge in [0.05, 0.1) is 19.3 Å². The van der Waals surface area contributed by atoms with Gasteiger partial charge in [0, 0.05) is 28.9 Å². The number of carboxylic acid groups (broad SMARTS) is 1. The van der Waals surface area contributed by atoms with Crippen LogP contribution in [0.2, 0.25) is 0 Å². The van der Waals surface area contributed by atoms with Crippen LogP contribution in [-0.4, -0.2) is 42.8 Å². The molecule has 41 heavy (non-hydrogen) atoms. The Kier molecular flexibility index (Phi) is 7.55. The highest BCUT2D eigenvalue weighted by molar-refractivity contribution is 6.08. The van der Waals surface area contributed by atoms with Gasteiger partial charge in [0.1, 0.15) is 5.75 Å². The highest BCUT2D eigenvalue weighted by Gasteiger charge is 2.37. The number of carbonyl (C=O) groups excluding carboxylic acids is 1. The van der Waals surface area contributed by atoms with E-state index < -0.39 is 23.5 Å². The maximum Gasteiger partial charge on any atom is 0.337 e. The summed E-state index contributed by atoms with van der Waals surface area (Å²) in [5.41, 5.74) is 5.16. The van der Waals surface area contributed by atoms with Gasteiger partial charge in [-0.1, -0.05) is 6.07 Å². The first-order valence-electron chi connectivity index (χ1n) is 13.9. The fourth-order valence-electron chi connectivity index (χ4n) is 5.97.